The highest BCUT2D eigenvalue weighted by Gasteiger charge is 2.12. The van der Waals surface area contributed by atoms with Crippen LogP contribution in [0, 0.1) is 0 Å². The van der Waals surface area contributed by atoms with Crippen LogP contribution < -0.4 is 4.83 Å². The van der Waals surface area contributed by atoms with Crippen LogP contribution in [0.4, 0.5) is 0 Å². The van der Waals surface area contributed by atoms with E-state index in [-0.39, 0.29) is 4.90 Å². The van der Waals surface area contributed by atoms with Crippen molar-refractivity contribution < 1.29 is 8.42 Å². The number of nitrogens with zero attached hydrogens (tertiary/aromatic N) is 1. The van der Waals surface area contributed by atoms with Gasteiger partial charge in [0.2, 0.25) is 0 Å². The van der Waals surface area contributed by atoms with Crippen LogP contribution in [0.25, 0.3) is 0 Å². The lowest BCUT2D eigenvalue weighted by atomic mass is 10.2. The molecule has 0 bridgehead atoms. The van der Waals surface area contributed by atoms with Gasteiger partial charge in [0.1, 0.15) is 0 Å². The van der Waals surface area contributed by atoms with Crippen molar-refractivity contribution in [2.75, 3.05) is 0 Å². The summed E-state index contributed by atoms with van der Waals surface area (Å²) in [7, 11) is -3.73. The molecular weight excluding hydrogens is 399 g/mol. The number of hydrogen-bond donors (Lipinski definition) is 1. The monoisotopic (exact) mass is 406 g/mol. The van der Waals surface area contributed by atoms with Crippen LogP contribution in [-0.2, 0) is 10.0 Å². The van der Waals surface area contributed by atoms with Crippen molar-refractivity contribution in [3.8, 4) is 0 Å². The van der Waals surface area contributed by atoms with Crippen molar-refractivity contribution in [2.45, 2.75) is 4.90 Å². The van der Waals surface area contributed by atoms with E-state index >= 15 is 0 Å². The van der Waals surface area contributed by atoms with Crippen LogP contribution in [-0.4, -0.2) is 14.6 Å². The molecule has 1 N–H and O–H groups in total. The standard InChI is InChI=1S/C13H9BrCl2N2O2S/c14-9-4-6-10(7-5-9)21(19,20)18-17-8-11-12(15)2-1-3-13(11)16/h1-8,18H/b17-8+. The van der Waals surface area contributed by atoms with Crippen molar-refractivity contribution in [3.05, 3.63) is 62.5 Å². The van der Waals surface area contributed by atoms with Gasteiger partial charge >= 0.3 is 0 Å². The Balaban J connectivity index is 2.19. The van der Waals surface area contributed by atoms with Crippen molar-refractivity contribution in [1.82, 2.24) is 4.83 Å². The Morgan fingerprint density at radius 3 is 2.19 bits per heavy atom. The largest absolute Gasteiger partial charge is 0.276 e. The Hall–Kier alpha value is -1.08. The molecule has 21 heavy (non-hydrogen) atoms. The van der Waals surface area contributed by atoms with E-state index in [9.17, 15) is 8.42 Å². The topological polar surface area (TPSA) is 58.5 Å². The zero-order valence-electron chi connectivity index (χ0n) is 10.4. The van der Waals surface area contributed by atoms with Gasteiger partial charge in [0, 0.05) is 10.0 Å². The molecule has 0 heterocycles. The van der Waals surface area contributed by atoms with Gasteiger partial charge in [-0.2, -0.15) is 13.5 Å². The van der Waals surface area contributed by atoms with Gasteiger partial charge in [-0.05, 0) is 36.4 Å². The number of halogens is 3. The Labute approximate surface area is 141 Å². The Bertz CT molecular complexity index is 757. The Kier molecular flexibility index (Phi) is 5.27. The third kappa shape index (κ3) is 4.20. The number of hydrazone groups is 1. The van der Waals surface area contributed by atoms with E-state index < -0.39 is 10.0 Å². The molecule has 0 saturated carbocycles. The average Bonchev–Trinajstić information content (AvgIpc) is 2.42. The van der Waals surface area contributed by atoms with E-state index in [0.717, 1.165) is 4.47 Å². The van der Waals surface area contributed by atoms with E-state index in [1.54, 1.807) is 30.3 Å². The first-order valence-electron chi connectivity index (χ1n) is 5.64. The summed E-state index contributed by atoms with van der Waals surface area (Å²) < 4.78 is 24.8. The van der Waals surface area contributed by atoms with Crippen molar-refractivity contribution in [2.24, 2.45) is 5.10 Å². The minimum absolute atomic E-state index is 0.105. The number of rotatable bonds is 4. The lowest BCUT2D eigenvalue weighted by molar-refractivity contribution is 0.584. The van der Waals surface area contributed by atoms with Crippen LogP contribution in [0.1, 0.15) is 5.56 Å². The zero-order chi connectivity index (χ0) is 15.5. The van der Waals surface area contributed by atoms with Crippen molar-refractivity contribution >= 4 is 55.4 Å². The highest BCUT2D eigenvalue weighted by molar-refractivity contribution is 9.10. The highest BCUT2D eigenvalue weighted by atomic mass is 79.9. The van der Waals surface area contributed by atoms with Gasteiger partial charge in [-0.3, -0.25) is 0 Å². The maximum atomic E-state index is 12.0. The zero-order valence-corrected chi connectivity index (χ0v) is 14.3. The number of benzene rings is 2. The van der Waals surface area contributed by atoms with E-state index in [1.165, 1.54) is 18.3 Å². The molecule has 2 aromatic rings. The SMILES string of the molecule is O=S(=O)(N/N=C/c1c(Cl)cccc1Cl)c1ccc(Br)cc1. The fourth-order valence-corrected chi connectivity index (χ4v) is 3.01. The molecule has 0 aliphatic carbocycles. The Morgan fingerprint density at radius 2 is 1.62 bits per heavy atom. The second kappa shape index (κ2) is 6.79. The van der Waals surface area contributed by atoms with E-state index in [2.05, 4.69) is 25.9 Å². The molecule has 8 heteroatoms. The molecule has 0 fully saturated rings. The molecular formula is C13H9BrCl2N2O2S. The van der Waals surface area contributed by atoms with Crippen molar-refractivity contribution in [1.29, 1.82) is 0 Å². The predicted octanol–water partition coefficient (Wildman–Crippen LogP) is 4.07. The van der Waals surface area contributed by atoms with Gasteiger partial charge in [0.15, 0.2) is 0 Å². The minimum atomic E-state index is -3.73. The maximum absolute atomic E-state index is 12.0. The van der Waals surface area contributed by atoms with E-state index in [0.29, 0.717) is 15.6 Å². The number of nitrogens with one attached hydrogen (secondary N) is 1. The summed E-state index contributed by atoms with van der Waals surface area (Å²) in [6, 6.07) is 11.1. The van der Waals surface area contributed by atoms with Gasteiger partial charge in [0.25, 0.3) is 10.0 Å². The first-order valence-corrected chi connectivity index (χ1v) is 8.68. The average molecular weight is 408 g/mol. The molecule has 2 aromatic carbocycles. The molecule has 0 radical (unpaired) electrons. The molecule has 0 amide bonds. The summed E-state index contributed by atoms with van der Waals surface area (Å²) in [5.74, 6) is 0. The molecule has 0 atom stereocenters. The fraction of sp³-hybridized carbons (Fsp3) is 0. The van der Waals surface area contributed by atoms with E-state index in [1.807, 2.05) is 0 Å². The molecule has 4 nitrogen and oxygen atoms in total. The maximum Gasteiger partial charge on any atom is 0.276 e. The minimum Gasteiger partial charge on any atom is -0.200 e. The van der Waals surface area contributed by atoms with Crippen molar-refractivity contribution in [3.63, 3.8) is 0 Å². The Morgan fingerprint density at radius 1 is 1.05 bits per heavy atom. The smallest absolute Gasteiger partial charge is 0.200 e. The molecule has 0 spiro atoms. The molecule has 0 unspecified atom stereocenters. The molecule has 0 aliphatic heterocycles. The molecule has 0 saturated heterocycles. The van der Waals surface area contributed by atoms with E-state index in [4.69, 9.17) is 23.2 Å². The second-order valence-electron chi connectivity index (χ2n) is 3.94. The highest BCUT2D eigenvalue weighted by Crippen LogP contribution is 2.22. The van der Waals surface area contributed by atoms with Gasteiger partial charge in [-0.25, -0.2) is 4.83 Å². The number of sulfonamides is 1. The quantitative estimate of drug-likeness (QED) is 0.613. The summed E-state index contributed by atoms with van der Waals surface area (Å²) in [5.41, 5.74) is 0.444. The molecule has 0 aliphatic rings. The lowest BCUT2D eigenvalue weighted by Gasteiger charge is -2.04. The fourth-order valence-electron chi connectivity index (χ4n) is 1.46. The van der Waals surface area contributed by atoms with Crippen LogP contribution in [0.5, 0.6) is 0 Å². The van der Waals surface area contributed by atoms with Gasteiger partial charge in [-0.1, -0.05) is 45.2 Å². The van der Waals surface area contributed by atoms with Crippen LogP contribution >= 0.6 is 39.1 Å². The number of hydrogen-bond acceptors (Lipinski definition) is 3. The third-order valence-corrected chi connectivity index (χ3v) is 4.92. The third-order valence-electron chi connectivity index (χ3n) is 2.49. The predicted molar refractivity (Wildman–Crippen MR) is 88.5 cm³/mol. The molecule has 110 valence electrons. The summed E-state index contributed by atoms with van der Waals surface area (Å²) >= 11 is 15.1. The summed E-state index contributed by atoms with van der Waals surface area (Å²) in [6.07, 6.45) is 1.26. The normalized spacial score (nSPS) is 11.8. The second-order valence-corrected chi connectivity index (χ2v) is 7.33. The first-order chi connectivity index (χ1) is 9.90. The summed E-state index contributed by atoms with van der Waals surface area (Å²) in [5, 5.41) is 4.46. The van der Waals surface area contributed by atoms with Gasteiger partial charge in [-0.15, -0.1) is 0 Å². The van der Waals surface area contributed by atoms with Crippen LogP contribution in [0.15, 0.2) is 56.9 Å². The van der Waals surface area contributed by atoms with Gasteiger partial charge in [0.05, 0.1) is 21.2 Å². The summed E-state index contributed by atoms with van der Waals surface area (Å²) in [4.78, 5) is 2.21. The molecule has 2 rings (SSSR count). The van der Waals surface area contributed by atoms with Gasteiger partial charge < -0.3 is 0 Å². The van der Waals surface area contributed by atoms with Crippen LogP contribution in [0.3, 0.4) is 0 Å². The summed E-state index contributed by atoms with van der Waals surface area (Å²) in [6.45, 7) is 0. The van der Waals surface area contributed by atoms with Crippen LogP contribution in [0.2, 0.25) is 10.0 Å². The first kappa shape index (κ1) is 16.3. The molecule has 0 aromatic heterocycles. The lowest BCUT2D eigenvalue weighted by Crippen LogP contribution is -2.18.